The minimum absolute atomic E-state index is 0.00738. The second kappa shape index (κ2) is 32.7. The van der Waals surface area contributed by atoms with Crippen molar-refractivity contribution in [2.24, 2.45) is 11.5 Å². The van der Waals surface area contributed by atoms with Gasteiger partial charge in [-0.1, -0.05) is 0 Å². The number of carbonyl (C=O) groups is 9. The number of amides is 5. The number of carbonyl (C=O) groups excluding carboxylic acids is 9. The maximum atomic E-state index is 12.4. The van der Waals surface area contributed by atoms with Gasteiger partial charge >= 0.3 is 12.1 Å². The van der Waals surface area contributed by atoms with Gasteiger partial charge in [0.2, 0.25) is 0 Å². The maximum absolute atomic E-state index is 12.4. The van der Waals surface area contributed by atoms with Crippen LogP contribution >= 0.6 is 0 Å². The fourth-order valence-corrected chi connectivity index (χ4v) is 7.09. The van der Waals surface area contributed by atoms with E-state index in [1.807, 2.05) is 58.2 Å². The van der Waals surface area contributed by atoms with Gasteiger partial charge in [-0.3, -0.25) is 48.2 Å². The molecule has 2 aromatic rings. The van der Waals surface area contributed by atoms with Crippen molar-refractivity contribution in [1.29, 1.82) is 0 Å². The average molecular weight is 995 g/mol. The molecule has 0 aromatic carbocycles. The lowest BCUT2D eigenvalue weighted by atomic mass is 10.1. The summed E-state index contributed by atoms with van der Waals surface area (Å²) in [7, 11) is 0. The highest BCUT2D eigenvalue weighted by molar-refractivity contribution is 6.13. The molecular weight excluding hydrogens is 921 g/mol. The number of hydroxylamine groups is 2. The summed E-state index contributed by atoms with van der Waals surface area (Å²) in [6, 6.07) is 6.36. The molecule has 0 bridgehead atoms. The molecule has 1 saturated heterocycles. The van der Waals surface area contributed by atoms with Crippen LogP contribution in [0.2, 0.25) is 0 Å². The molecule has 2 aromatic heterocycles. The van der Waals surface area contributed by atoms with E-state index in [4.69, 9.17) is 30.5 Å². The zero-order valence-electron chi connectivity index (χ0n) is 41.5. The highest BCUT2D eigenvalue weighted by Crippen LogP contribution is 2.12. The lowest BCUT2D eigenvalue weighted by Gasteiger charge is -2.23. The largest absolute Gasteiger partial charge is 0.444 e. The molecule has 3 aliphatic heterocycles. The summed E-state index contributed by atoms with van der Waals surface area (Å²) < 4.78 is 19.7. The number of nitrogens with zero attached hydrogens (tertiary/aromatic N) is 5. The van der Waals surface area contributed by atoms with Crippen molar-refractivity contribution < 1.29 is 62.2 Å². The number of aromatic nitrogens is 2. The van der Waals surface area contributed by atoms with Gasteiger partial charge in [0.1, 0.15) is 17.4 Å². The lowest BCUT2D eigenvalue weighted by Crippen LogP contribution is -2.45. The number of alkyl carbamates (subject to hydrolysis) is 1. The molecule has 0 saturated carbocycles. The molecule has 0 radical (unpaired) electrons. The number of ketones is 3. The Labute approximate surface area is 416 Å². The van der Waals surface area contributed by atoms with E-state index >= 15 is 0 Å². The Morgan fingerprint density at radius 3 is 1.65 bits per heavy atom. The van der Waals surface area contributed by atoms with Crippen molar-refractivity contribution in [3.63, 3.8) is 0 Å². The zero-order valence-corrected chi connectivity index (χ0v) is 41.5. The first-order valence-electron chi connectivity index (χ1n) is 24.4. The Morgan fingerprint density at radius 1 is 0.620 bits per heavy atom. The Morgan fingerprint density at radius 2 is 1.11 bits per heavy atom. The van der Waals surface area contributed by atoms with Gasteiger partial charge in [-0.25, -0.2) is 4.79 Å². The average Bonchev–Trinajstić information content (AvgIpc) is 4.20. The summed E-state index contributed by atoms with van der Waals surface area (Å²) in [5.74, 6) is -1.58. The molecule has 392 valence electrons. The molecule has 1 fully saturated rings. The molecule has 5 N–H and O–H groups in total. The molecule has 2 unspecified atom stereocenters. The number of nitrogens with one attached hydrogen (secondary N) is 1. The summed E-state index contributed by atoms with van der Waals surface area (Å²) in [5, 5.41) is 4.37. The van der Waals surface area contributed by atoms with Gasteiger partial charge in [0, 0.05) is 147 Å². The van der Waals surface area contributed by atoms with Gasteiger partial charge in [-0.15, -0.1) is 5.06 Å². The van der Waals surface area contributed by atoms with Gasteiger partial charge in [0.25, 0.3) is 23.6 Å². The zero-order chi connectivity index (χ0) is 52.0. The highest BCUT2D eigenvalue weighted by Gasteiger charge is 2.26. The lowest BCUT2D eigenvalue weighted by molar-refractivity contribution is -0.185. The number of imide groups is 2. The number of hydrogen-bond donors (Lipinski definition) is 3. The molecule has 5 heterocycles. The molecule has 2 atom stereocenters. The third kappa shape index (κ3) is 25.0. The van der Waals surface area contributed by atoms with Crippen LogP contribution in [0.15, 0.2) is 73.4 Å². The summed E-state index contributed by atoms with van der Waals surface area (Å²) in [6.07, 6.45) is 18.4. The Balaban J connectivity index is 0.000000286. The number of Topliss-reactive ketones (excluding diaryl/α,β-unsaturated/α-hetero) is 3. The first-order chi connectivity index (χ1) is 33.9. The summed E-state index contributed by atoms with van der Waals surface area (Å²) >= 11 is 0. The van der Waals surface area contributed by atoms with Crippen LogP contribution in [0.5, 0.6) is 0 Å². The maximum Gasteiger partial charge on any atom is 0.408 e. The fraction of sp³-hybridized carbons (Fsp3) is 0.580. The van der Waals surface area contributed by atoms with Crippen LogP contribution in [0.4, 0.5) is 4.79 Å². The number of hydrogen-bond acceptors (Lipinski definition) is 16. The van der Waals surface area contributed by atoms with Gasteiger partial charge < -0.3 is 45.0 Å². The third-order valence-electron chi connectivity index (χ3n) is 10.8. The Kier molecular flexibility index (Phi) is 27.3. The number of nitrogens with two attached hydrogens (primary N) is 2. The quantitative estimate of drug-likeness (QED) is 0.0749. The normalized spacial score (nSPS) is 15.3. The Hall–Kier alpha value is -6.13. The van der Waals surface area contributed by atoms with Gasteiger partial charge in [0.05, 0.1) is 12.6 Å². The summed E-state index contributed by atoms with van der Waals surface area (Å²) in [6.45, 7) is 10.6. The SMILES string of the molecule is CC(C)(C)OC(=O)NC(Cn1cccc1)C(=O)CCCOCCN.NC(Cn1cccc1)C(=O)CCCOCCCC(=O)CCN1C(=O)C=CC1=O.O=C(CCCCN1C(=O)C=CC1=O)ON1CCCC1. The van der Waals surface area contributed by atoms with E-state index in [2.05, 4.69) is 5.32 Å². The van der Waals surface area contributed by atoms with Crippen LogP contribution in [0, 0.1) is 0 Å². The minimum atomic E-state index is -0.637. The molecule has 21 nitrogen and oxygen atoms in total. The topological polar surface area (TPSA) is 274 Å². The van der Waals surface area contributed by atoms with E-state index in [0.29, 0.717) is 110 Å². The number of ether oxygens (including phenoxy) is 3. The predicted molar refractivity (Wildman–Crippen MR) is 260 cm³/mol. The standard InChI is InChI=1S/C20H27N3O5.C17H29N3O4.C13H18N2O4/c21-17(15-22-10-1-2-11-22)18(25)6-4-14-28-13-3-5-16(24)9-12-23-19(26)7-8-20(23)27;1-17(2,3)24-16(22)19-14(13-20-9-4-5-10-20)15(21)7-6-11-23-12-8-18;16-11-6-7-12(17)15(11)10-2-1-5-13(18)19-14-8-3-4-9-14/h1-2,7-8,10-11,17H,3-6,9,12-15,21H2;4-5,9-10,14H,6-8,11-13,18H2,1-3H3,(H,19,22);6-7H,1-5,8-10H2. The third-order valence-corrected chi connectivity index (χ3v) is 10.8. The summed E-state index contributed by atoms with van der Waals surface area (Å²) in [4.78, 5) is 112. The van der Waals surface area contributed by atoms with Crippen molar-refractivity contribution in [2.45, 2.75) is 129 Å². The molecular formula is C50H74N8O13. The molecule has 0 aliphatic carbocycles. The number of rotatable bonds is 30. The molecule has 21 heteroatoms. The molecule has 0 spiro atoms. The van der Waals surface area contributed by atoms with Gasteiger partial charge in [-0.2, -0.15) is 0 Å². The van der Waals surface area contributed by atoms with E-state index in [-0.39, 0.29) is 59.9 Å². The molecule has 5 rings (SSSR count). The Bertz CT molecular complexity index is 2020. The number of unbranched alkanes of at least 4 members (excludes halogenated alkanes) is 1. The van der Waals surface area contributed by atoms with Crippen molar-refractivity contribution in [3.05, 3.63) is 73.4 Å². The van der Waals surface area contributed by atoms with E-state index in [9.17, 15) is 43.2 Å². The van der Waals surface area contributed by atoms with Crippen molar-refractivity contribution in [1.82, 2.24) is 29.3 Å². The van der Waals surface area contributed by atoms with Gasteiger partial charge in [-0.05, 0) is 90.0 Å². The highest BCUT2D eigenvalue weighted by atomic mass is 16.7. The second-order valence-corrected chi connectivity index (χ2v) is 18.0. The van der Waals surface area contributed by atoms with Gasteiger partial charge in [0.15, 0.2) is 11.6 Å². The van der Waals surface area contributed by atoms with E-state index < -0.39 is 23.8 Å². The van der Waals surface area contributed by atoms with Crippen LogP contribution in [0.1, 0.15) is 97.8 Å². The van der Waals surface area contributed by atoms with Crippen LogP contribution in [0.3, 0.4) is 0 Å². The minimum Gasteiger partial charge on any atom is -0.444 e. The molecule has 71 heavy (non-hydrogen) atoms. The van der Waals surface area contributed by atoms with E-state index in [1.165, 1.54) is 29.2 Å². The van der Waals surface area contributed by atoms with Crippen LogP contribution < -0.4 is 16.8 Å². The smallest absolute Gasteiger partial charge is 0.408 e. The fourth-order valence-electron chi connectivity index (χ4n) is 7.09. The van der Waals surface area contributed by atoms with Crippen molar-refractivity contribution >= 4 is 53.0 Å². The van der Waals surface area contributed by atoms with E-state index in [0.717, 1.165) is 30.8 Å². The second-order valence-electron chi connectivity index (χ2n) is 18.0. The van der Waals surface area contributed by atoms with Crippen molar-refractivity contribution in [2.75, 3.05) is 59.2 Å². The first-order valence-corrected chi connectivity index (χ1v) is 24.4. The van der Waals surface area contributed by atoms with Crippen molar-refractivity contribution in [3.8, 4) is 0 Å². The van der Waals surface area contributed by atoms with Crippen LogP contribution in [0.25, 0.3) is 0 Å². The summed E-state index contributed by atoms with van der Waals surface area (Å²) in [5.41, 5.74) is 10.6. The van der Waals surface area contributed by atoms with E-state index in [1.54, 1.807) is 25.8 Å². The monoisotopic (exact) mass is 995 g/mol. The first kappa shape index (κ1) is 59.2. The molecule has 3 aliphatic rings. The van der Waals surface area contributed by atoms with Crippen LogP contribution in [-0.2, 0) is 70.5 Å². The predicted octanol–water partition coefficient (Wildman–Crippen LogP) is 3.19. The molecule has 5 amide bonds. The van der Waals surface area contributed by atoms with Crippen LogP contribution in [-0.4, -0.2) is 154 Å².